The first-order chi connectivity index (χ1) is 12.7. The Bertz CT molecular complexity index is 691. The third-order valence-electron chi connectivity index (χ3n) is 4.59. The van der Waals surface area contributed by atoms with Crippen LogP contribution in [0.5, 0.6) is 0 Å². The van der Waals surface area contributed by atoms with E-state index >= 15 is 0 Å². The second-order valence-electron chi connectivity index (χ2n) is 6.75. The van der Waals surface area contributed by atoms with Crippen LogP contribution in [0, 0.1) is 6.92 Å². The Balaban J connectivity index is 1.41. The van der Waals surface area contributed by atoms with Crippen LogP contribution in [0.2, 0.25) is 0 Å². The molecule has 4 nitrogen and oxygen atoms in total. The van der Waals surface area contributed by atoms with Crippen LogP contribution in [0.1, 0.15) is 47.3 Å². The highest BCUT2D eigenvalue weighted by molar-refractivity contribution is 8.00. The Labute approximate surface area is 164 Å². The summed E-state index contributed by atoms with van der Waals surface area (Å²) in [4.78, 5) is 19.2. The molecule has 1 aromatic heterocycles. The number of nitrogens with zero attached hydrogens (tertiary/aromatic N) is 2. The second kappa shape index (κ2) is 10.1. The summed E-state index contributed by atoms with van der Waals surface area (Å²) < 4.78 is 1.10. The summed E-state index contributed by atoms with van der Waals surface area (Å²) in [5, 5.41) is 5.12. The molecule has 26 heavy (non-hydrogen) atoms. The Morgan fingerprint density at radius 2 is 1.92 bits per heavy atom. The first kappa shape index (κ1) is 19.4. The number of benzene rings is 1. The van der Waals surface area contributed by atoms with Crippen molar-refractivity contribution in [2.75, 3.05) is 26.2 Å². The monoisotopic (exact) mass is 389 g/mol. The van der Waals surface area contributed by atoms with Crippen LogP contribution < -0.4 is 5.32 Å². The van der Waals surface area contributed by atoms with Gasteiger partial charge in [0.15, 0.2) is 0 Å². The van der Waals surface area contributed by atoms with Gasteiger partial charge in [-0.25, -0.2) is 4.98 Å². The topological polar surface area (TPSA) is 45.2 Å². The number of thioether (sulfide) groups is 1. The average Bonchev–Trinajstić information content (AvgIpc) is 2.90. The molecule has 0 radical (unpaired) electrons. The number of thiazole rings is 1. The van der Waals surface area contributed by atoms with Crippen molar-refractivity contribution in [3.8, 4) is 0 Å². The third kappa shape index (κ3) is 6.11. The van der Waals surface area contributed by atoms with Gasteiger partial charge in [0.05, 0.1) is 0 Å². The lowest BCUT2D eigenvalue weighted by molar-refractivity contribution is 0.0948. The average molecular weight is 390 g/mol. The van der Waals surface area contributed by atoms with Gasteiger partial charge in [-0.2, -0.15) is 0 Å². The van der Waals surface area contributed by atoms with Crippen LogP contribution in [0.25, 0.3) is 0 Å². The van der Waals surface area contributed by atoms with Gasteiger partial charge in [0.25, 0.3) is 5.91 Å². The van der Waals surface area contributed by atoms with Crippen molar-refractivity contribution in [2.24, 2.45) is 0 Å². The molecule has 0 saturated carbocycles. The number of hydrogen-bond donors (Lipinski definition) is 1. The quantitative estimate of drug-likeness (QED) is 0.715. The fourth-order valence-electron chi connectivity index (χ4n) is 3.09. The van der Waals surface area contributed by atoms with E-state index in [4.69, 9.17) is 0 Å². The van der Waals surface area contributed by atoms with E-state index < -0.39 is 0 Å². The molecule has 1 aliphatic heterocycles. The van der Waals surface area contributed by atoms with Gasteiger partial charge in [-0.05, 0) is 50.6 Å². The van der Waals surface area contributed by atoms with Crippen LogP contribution >= 0.6 is 23.1 Å². The van der Waals surface area contributed by atoms with E-state index in [9.17, 15) is 4.79 Å². The van der Waals surface area contributed by atoms with Gasteiger partial charge in [0, 0.05) is 35.5 Å². The minimum absolute atomic E-state index is 0.0228. The summed E-state index contributed by atoms with van der Waals surface area (Å²) >= 11 is 3.42. The van der Waals surface area contributed by atoms with Gasteiger partial charge in [0.2, 0.25) is 0 Å². The lowest BCUT2D eigenvalue weighted by Gasteiger charge is -2.19. The first-order valence-electron chi connectivity index (χ1n) is 9.35. The molecule has 6 heteroatoms. The number of carbonyl (C=O) groups excluding carboxylic acids is 1. The molecule has 0 bridgehead atoms. The van der Waals surface area contributed by atoms with E-state index in [0.29, 0.717) is 0 Å². The molecule has 0 aliphatic carbocycles. The summed E-state index contributed by atoms with van der Waals surface area (Å²) in [6, 6.07) is 7.92. The number of rotatable bonds is 7. The number of aryl methyl sites for hydroxylation is 1. The summed E-state index contributed by atoms with van der Waals surface area (Å²) in [6.07, 6.45) is 5.26. The highest BCUT2D eigenvalue weighted by Gasteiger charge is 2.10. The molecule has 1 aromatic carbocycles. The number of hydrogen-bond acceptors (Lipinski definition) is 5. The van der Waals surface area contributed by atoms with Crippen molar-refractivity contribution in [1.82, 2.24) is 15.2 Å². The molecule has 1 saturated heterocycles. The zero-order valence-electron chi connectivity index (χ0n) is 15.4. The van der Waals surface area contributed by atoms with Gasteiger partial charge >= 0.3 is 0 Å². The lowest BCUT2D eigenvalue weighted by Crippen LogP contribution is -2.35. The van der Waals surface area contributed by atoms with Crippen LogP contribution in [0.4, 0.5) is 0 Å². The minimum atomic E-state index is 0.0228. The van der Waals surface area contributed by atoms with E-state index in [2.05, 4.69) is 20.6 Å². The zero-order chi connectivity index (χ0) is 18.2. The molecule has 0 spiro atoms. The van der Waals surface area contributed by atoms with Gasteiger partial charge in [-0.3, -0.25) is 4.79 Å². The number of amides is 1. The van der Waals surface area contributed by atoms with Crippen LogP contribution in [-0.2, 0) is 5.75 Å². The maximum absolute atomic E-state index is 12.3. The fraction of sp³-hybridized carbons (Fsp3) is 0.500. The predicted molar refractivity (Wildman–Crippen MR) is 110 cm³/mol. The standard InChI is InChI=1S/C20H27N3OS2/c1-16-14-25-20(22-16)26-15-17-6-8-18(9-7-17)19(24)21-10-13-23-11-4-2-3-5-12-23/h6-9,14H,2-5,10-13,15H2,1H3,(H,21,24). The van der Waals surface area contributed by atoms with Crippen LogP contribution in [0.15, 0.2) is 34.0 Å². The Morgan fingerprint density at radius 1 is 1.19 bits per heavy atom. The maximum atomic E-state index is 12.3. The van der Waals surface area contributed by atoms with E-state index in [0.717, 1.165) is 34.4 Å². The predicted octanol–water partition coefficient (Wildman–Crippen LogP) is 4.35. The number of aromatic nitrogens is 1. The van der Waals surface area contributed by atoms with Gasteiger partial charge in [0.1, 0.15) is 4.34 Å². The van der Waals surface area contributed by atoms with E-state index in [1.54, 1.807) is 23.1 Å². The van der Waals surface area contributed by atoms with Gasteiger partial charge in [-0.15, -0.1) is 11.3 Å². The Morgan fingerprint density at radius 3 is 2.58 bits per heavy atom. The smallest absolute Gasteiger partial charge is 0.251 e. The second-order valence-corrected chi connectivity index (χ2v) is 8.83. The molecule has 3 rings (SSSR count). The fourth-order valence-corrected chi connectivity index (χ4v) is 4.89. The van der Waals surface area contributed by atoms with Crippen molar-refractivity contribution in [3.05, 3.63) is 46.5 Å². The summed E-state index contributed by atoms with van der Waals surface area (Å²) in [7, 11) is 0. The van der Waals surface area contributed by atoms with E-state index in [1.165, 1.54) is 44.3 Å². The molecular formula is C20H27N3OS2. The molecule has 0 unspecified atom stereocenters. The van der Waals surface area contributed by atoms with Crippen LogP contribution in [-0.4, -0.2) is 42.0 Å². The largest absolute Gasteiger partial charge is 0.351 e. The van der Waals surface area contributed by atoms with E-state index in [1.807, 2.05) is 31.2 Å². The lowest BCUT2D eigenvalue weighted by atomic mass is 10.1. The molecule has 1 amide bonds. The number of likely N-dealkylation sites (tertiary alicyclic amines) is 1. The van der Waals surface area contributed by atoms with Crippen molar-refractivity contribution in [3.63, 3.8) is 0 Å². The Hall–Kier alpha value is -1.37. The molecule has 1 N–H and O–H groups in total. The van der Waals surface area contributed by atoms with Crippen LogP contribution in [0.3, 0.4) is 0 Å². The highest BCUT2D eigenvalue weighted by Crippen LogP contribution is 2.26. The Kier molecular flexibility index (Phi) is 7.53. The zero-order valence-corrected chi connectivity index (χ0v) is 17.0. The summed E-state index contributed by atoms with van der Waals surface area (Å²) in [5.74, 6) is 0.902. The summed E-state index contributed by atoms with van der Waals surface area (Å²) in [5.41, 5.74) is 3.02. The number of carbonyl (C=O) groups is 1. The van der Waals surface area contributed by atoms with Crippen molar-refractivity contribution < 1.29 is 4.79 Å². The summed E-state index contributed by atoms with van der Waals surface area (Å²) in [6.45, 7) is 6.02. The molecule has 1 aliphatic rings. The van der Waals surface area contributed by atoms with E-state index in [-0.39, 0.29) is 5.91 Å². The molecular weight excluding hydrogens is 362 g/mol. The molecule has 140 valence electrons. The van der Waals surface area contributed by atoms with Crippen molar-refractivity contribution in [1.29, 1.82) is 0 Å². The van der Waals surface area contributed by atoms with Crippen molar-refractivity contribution in [2.45, 2.75) is 42.7 Å². The van der Waals surface area contributed by atoms with Gasteiger partial charge < -0.3 is 10.2 Å². The van der Waals surface area contributed by atoms with Gasteiger partial charge in [-0.1, -0.05) is 36.7 Å². The minimum Gasteiger partial charge on any atom is -0.351 e. The third-order valence-corrected chi connectivity index (χ3v) is 6.80. The number of nitrogens with one attached hydrogen (secondary N) is 1. The highest BCUT2D eigenvalue weighted by atomic mass is 32.2. The molecule has 2 heterocycles. The molecule has 1 fully saturated rings. The maximum Gasteiger partial charge on any atom is 0.251 e. The SMILES string of the molecule is Cc1csc(SCc2ccc(C(=O)NCCN3CCCCCC3)cc2)n1. The normalized spacial score (nSPS) is 15.6. The molecule has 2 aromatic rings. The first-order valence-corrected chi connectivity index (χ1v) is 11.2. The van der Waals surface area contributed by atoms with Crippen molar-refractivity contribution >= 4 is 29.0 Å². The molecule has 0 atom stereocenters.